The third-order valence-corrected chi connectivity index (χ3v) is 4.22. The number of anilines is 1. The van der Waals surface area contributed by atoms with Crippen LogP contribution >= 0.6 is 0 Å². The van der Waals surface area contributed by atoms with Crippen molar-refractivity contribution in [1.82, 2.24) is 15.5 Å². The molecular weight excluding hydrogens is 330 g/mol. The standard InChI is InChI=1S/C19H31N5O2/c1-3-20-19(23-15-18(25)24-11-4-5-12-24)22-14-16-6-8-17(9-7-16)21-10-13-26-2/h6-9,21H,3-5,10-15H2,1-2H3,(H2,20,22,23). The van der Waals surface area contributed by atoms with Crippen LogP contribution < -0.4 is 16.0 Å². The quantitative estimate of drug-likeness (QED) is 0.352. The summed E-state index contributed by atoms with van der Waals surface area (Å²) in [7, 11) is 1.69. The van der Waals surface area contributed by atoms with Crippen molar-refractivity contribution in [2.24, 2.45) is 4.99 Å². The van der Waals surface area contributed by atoms with Crippen molar-refractivity contribution >= 4 is 17.6 Å². The summed E-state index contributed by atoms with van der Waals surface area (Å²) < 4.78 is 5.03. The molecule has 7 nitrogen and oxygen atoms in total. The Morgan fingerprint density at radius 2 is 1.92 bits per heavy atom. The first-order valence-electron chi connectivity index (χ1n) is 9.34. The van der Waals surface area contributed by atoms with E-state index in [0.29, 0.717) is 19.1 Å². The number of carbonyl (C=O) groups excluding carboxylic acids is 1. The molecule has 0 radical (unpaired) electrons. The highest BCUT2D eigenvalue weighted by Gasteiger charge is 2.17. The van der Waals surface area contributed by atoms with Crippen molar-refractivity contribution in [2.45, 2.75) is 26.3 Å². The second-order valence-electron chi connectivity index (χ2n) is 6.25. The van der Waals surface area contributed by atoms with Gasteiger partial charge in [0.25, 0.3) is 0 Å². The van der Waals surface area contributed by atoms with E-state index in [0.717, 1.165) is 50.3 Å². The number of likely N-dealkylation sites (tertiary alicyclic amines) is 1. The lowest BCUT2D eigenvalue weighted by molar-refractivity contribution is -0.128. The maximum Gasteiger partial charge on any atom is 0.241 e. The Morgan fingerprint density at radius 3 is 2.58 bits per heavy atom. The molecule has 0 saturated carbocycles. The number of hydrogen-bond acceptors (Lipinski definition) is 4. The second-order valence-corrected chi connectivity index (χ2v) is 6.25. The summed E-state index contributed by atoms with van der Waals surface area (Å²) in [6, 6.07) is 8.19. The van der Waals surface area contributed by atoms with Gasteiger partial charge in [0.2, 0.25) is 5.91 Å². The van der Waals surface area contributed by atoms with Crippen LogP contribution in [0.1, 0.15) is 25.3 Å². The molecular formula is C19H31N5O2. The van der Waals surface area contributed by atoms with Gasteiger partial charge < -0.3 is 25.6 Å². The number of hydrogen-bond donors (Lipinski definition) is 3. The molecule has 1 fully saturated rings. The lowest BCUT2D eigenvalue weighted by Crippen LogP contribution is -2.44. The van der Waals surface area contributed by atoms with Gasteiger partial charge in [0.1, 0.15) is 0 Å². The van der Waals surface area contributed by atoms with Crippen molar-refractivity contribution in [2.75, 3.05) is 51.8 Å². The summed E-state index contributed by atoms with van der Waals surface area (Å²) in [5.41, 5.74) is 2.18. The van der Waals surface area contributed by atoms with E-state index < -0.39 is 0 Å². The molecule has 1 aromatic carbocycles. The fourth-order valence-corrected chi connectivity index (χ4v) is 2.78. The molecule has 1 aromatic rings. The third kappa shape index (κ3) is 6.92. The number of guanidine groups is 1. The smallest absolute Gasteiger partial charge is 0.241 e. The molecule has 144 valence electrons. The van der Waals surface area contributed by atoms with E-state index in [1.165, 1.54) is 0 Å². The molecule has 0 aliphatic carbocycles. The van der Waals surface area contributed by atoms with E-state index in [4.69, 9.17) is 4.74 Å². The summed E-state index contributed by atoms with van der Waals surface area (Å²) in [4.78, 5) is 18.6. The SMILES string of the molecule is CCNC(=NCc1ccc(NCCOC)cc1)NCC(=O)N1CCCC1. The number of benzene rings is 1. The minimum Gasteiger partial charge on any atom is -0.383 e. The second kappa shape index (κ2) is 11.4. The lowest BCUT2D eigenvalue weighted by Gasteiger charge is -2.17. The van der Waals surface area contributed by atoms with Crippen LogP contribution in [0.2, 0.25) is 0 Å². The van der Waals surface area contributed by atoms with Gasteiger partial charge in [-0.1, -0.05) is 12.1 Å². The molecule has 3 N–H and O–H groups in total. The number of rotatable bonds is 9. The molecule has 26 heavy (non-hydrogen) atoms. The van der Waals surface area contributed by atoms with E-state index in [-0.39, 0.29) is 12.5 Å². The summed E-state index contributed by atoms with van der Waals surface area (Å²) in [5, 5.41) is 9.61. The lowest BCUT2D eigenvalue weighted by atomic mass is 10.2. The van der Waals surface area contributed by atoms with E-state index in [1.54, 1.807) is 7.11 Å². The monoisotopic (exact) mass is 361 g/mol. The molecule has 0 atom stereocenters. The third-order valence-electron chi connectivity index (χ3n) is 4.22. The number of carbonyl (C=O) groups is 1. The van der Waals surface area contributed by atoms with Gasteiger partial charge in [-0.2, -0.15) is 0 Å². The van der Waals surface area contributed by atoms with Gasteiger partial charge in [-0.15, -0.1) is 0 Å². The number of nitrogens with one attached hydrogen (secondary N) is 3. The van der Waals surface area contributed by atoms with E-state index in [1.807, 2.05) is 24.0 Å². The molecule has 1 aliphatic heterocycles. The first-order chi connectivity index (χ1) is 12.7. The minimum absolute atomic E-state index is 0.139. The summed E-state index contributed by atoms with van der Waals surface area (Å²) in [6.45, 7) is 6.83. The van der Waals surface area contributed by atoms with Crippen LogP contribution in [0, 0.1) is 0 Å². The highest BCUT2D eigenvalue weighted by molar-refractivity contribution is 5.86. The van der Waals surface area contributed by atoms with Crippen molar-refractivity contribution in [1.29, 1.82) is 0 Å². The van der Waals surface area contributed by atoms with E-state index in [2.05, 4.69) is 33.1 Å². The zero-order valence-electron chi connectivity index (χ0n) is 15.9. The number of amides is 1. The van der Waals surface area contributed by atoms with Crippen LogP contribution in [0.4, 0.5) is 5.69 Å². The Hall–Kier alpha value is -2.28. The maximum atomic E-state index is 12.1. The number of nitrogens with zero attached hydrogens (tertiary/aromatic N) is 2. The summed E-state index contributed by atoms with van der Waals surface area (Å²) in [6.07, 6.45) is 2.21. The zero-order valence-corrected chi connectivity index (χ0v) is 15.9. The highest BCUT2D eigenvalue weighted by atomic mass is 16.5. The molecule has 0 bridgehead atoms. The molecule has 2 rings (SSSR count). The van der Waals surface area contributed by atoms with Crippen LogP contribution in [0.25, 0.3) is 0 Å². The summed E-state index contributed by atoms with van der Waals surface area (Å²) >= 11 is 0. The minimum atomic E-state index is 0.139. The number of ether oxygens (including phenoxy) is 1. The van der Waals surface area contributed by atoms with Crippen LogP contribution in [0.15, 0.2) is 29.3 Å². The van der Waals surface area contributed by atoms with Crippen molar-refractivity contribution < 1.29 is 9.53 Å². The molecule has 1 saturated heterocycles. The first kappa shape index (κ1) is 20.0. The number of methoxy groups -OCH3 is 1. The van der Waals surface area contributed by atoms with Crippen LogP contribution in [0.5, 0.6) is 0 Å². The van der Waals surface area contributed by atoms with Gasteiger partial charge in [-0.05, 0) is 37.5 Å². The molecule has 0 unspecified atom stereocenters. The van der Waals surface area contributed by atoms with Crippen molar-refractivity contribution in [3.05, 3.63) is 29.8 Å². The topological polar surface area (TPSA) is 78.0 Å². The molecule has 7 heteroatoms. The molecule has 1 aliphatic rings. The fourth-order valence-electron chi connectivity index (χ4n) is 2.78. The molecule has 1 heterocycles. The maximum absolute atomic E-state index is 12.1. The van der Waals surface area contributed by atoms with Gasteiger partial charge in [-0.25, -0.2) is 4.99 Å². The molecule has 0 spiro atoms. The van der Waals surface area contributed by atoms with Gasteiger partial charge >= 0.3 is 0 Å². The predicted octanol–water partition coefficient (Wildman–Crippen LogP) is 1.42. The Labute approximate surface area is 156 Å². The van der Waals surface area contributed by atoms with Crippen molar-refractivity contribution in [3.63, 3.8) is 0 Å². The zero-order chi connectivity index (χ0) is 18.6. The Morgan fingerprint density at radius 1 is 1.19 bits per heavy atom. The largest absolute Gasteiger partial charge is 0.383 e. The Kier molecular flexibility index (Phi) is 8.75. The van der Waals surface area contributed by atoms with E-state index in [9.17, 15) is 4.79 Å². The van der Waals surface area contributed by atoms with Gasteiger partial charge in [-0.3, -0.25) is 4.79 Å². The average Bonchev–Trinajstić information content (AvgIpc) is 3.20. The highest BCUT2D eigenvalue weighted by Crippen LogP contribution is 2.10. The fraction of sp³-hybridized carbons (Fsp3) is 0.579. The Bertz CT molecular complexity index is 568. The molecule has 1 amide bonds. The normalized spacial score (nSPS) is 14.4. The van der Waals surface area contributed by atoms with Gasteiger partial charge in [0.15, 0.2) is 5.96 Å². The predicted molar refractivity (Wildman–Crippen MR) is 105 cm³/mol. The number of aliphatic imine (C=N–C) groups is 1. The van der Waals surface area contributed by atoms with E-state index >= 15 is 0 Å². The van der Waals surface area contributed by atoms with Crippen molar-refractivity contribution in [3.8, 4) is 0 Å². The van der Waals surface area contributed by atoms with Crippen LogP contribution in [-0.4, -0.2) is 63.2 Å². The molecule has 0 aromatic heterocycles. The Balaban J connectivity index is 1.82. The van der Waals surface area contributed by atoms with Crippen LogP contribution in [0.3, 0.4) is 0 Å². The van der Waals surface area contributed by atoms with Gasteiger partial charge in [0.05, 0.1) is 19.7 Å². The van der Waals surface area contributed by atoms with Gasteiger partial charge in [0, 0.05) is 39.0 Å². The average molecular weight is 361 g/mol. The first-order valence-corrected chi connectivity index (χ1v) is 9.34. The van der Waals surface area contributed by atoms with Crippen LogP contribution in [-0.2, 0) is 16.1 Å². The summed E-state index contributed by atoms with van der Waals surface area (Å²) in [5.74, 6) is 0.807.